The Hall–Kier alpha value is -1.26. The molecule has 114 valence electrons. The van der Waals surface area contributed by atoms with Crippen LogP contribution in [0.25, 0.3) is 0 Å². The summed E-state index contributed by atoms with van der Waals surface area (Å²) in [5.41, 5.74) is 6.42. The Balaban J connectivity index is 0.00000361. The minimum absolute atomic E-state index is 0. The van der Waals surface area contributed by atoms with Crippen LogP contribution in [0.1, 0.15) is 38.2 Å². The summed E-state index contributed by atoms with van der Waals surface area (Å²) in [5.74, 6) is 0.907. The fourth-order valence-corrected chi connectivity index (χ4v) is 1.63. The molecule has 0 saturated heterocycles. The predicted octanol–water partition coefficient (Wildman–Crippen LogP) is 2.64. The van der Waals surface area contributed by atoms with Gasteiger partial charge in [-0.15, -0.1) is 12.4 Å². The SMILES string of the molecule is CCCCOc1cccc(CNC(=O)CCCN)c1.Cl. The molecule has 3 N–H and O–H groups in total. The monoisotopic (exact) mass is 300 g/mol. The smallest absolute Gasteiger partial charge is 0.220 e. The number of unbranched alkanes of at least 4 members (excludes halogenated alkanes) is 1. The van der Waals surface area contributed by atoms with E-state index < -0.39 is 0 Å². The normalized spacial score (nSPS) is 9.70. The first kappa shape index (κ1) is 18.7. The van der Waals surface area contributed by atoms with E-state index in [2.05, 4.69) is 12.2 Å². The van der Waals surface area contributed by atoms with Crippen LogP contribution >= 0.6 is 12.4 Å². The number of hydrogen-bond acceptors (Lipinski definition) is 3. The molecule has 1 amide bonds. The highest BCUT2D eigenvalue weighted by molar-refractivity contribution is 5.85. The van der Waals surface area contributed by atoms with E-state index in [0.29, 0.717) is 19.5 Å². The summed E-state index contributed by atoms with van der Waals surface area (Å²) in [4.78, 5) is 11.5. The number of amides is 1. The van der Waals surface area contributed by atoms with Gasteiger partial charge < -0.3 is 15.8 Å². The van der Waals surface area contributed by atoms with Gasteiger partial charge in [-0.1, -0.05) is 25.5 Å². The van der Waals surface area contributed by atoms with Crippen molar-refractivity contribution in [1.29, 1.82) is 0 Å². The van der Waals surface area contributed by atoms with Crippen molar-refractivity contribution in [2.45, 2.75) is 39.2 Å². The molecule has 4 nitrogen and oxygen atoms in total. The molecular formula is C15H25ClN2O2. The zero-order valence-corrected chi connectivity index (χ0v) is 12.9. The summed E-state index contributed by atoms with van der Waals surface area (Å²) in [6, 6.07) is 7.84. The van der Waals surface area contributed by atoms with Crippen molar-refractivity contribution in [3.05, 3.63) is 29.8 Å². The molecule has 0 fully saturated rings. The van der Waals surface area contributed by atoms with Gasteiger partial charge in [-0.2, -0.15) is 0 Å². The number of nitrogens with one attached hydrogen (secondary N) is 1. The molecule has 20 heavy (non-hydrogen) atoms. The summed E-state index contributed by atoms with van der Waals surface area (Å²) in [7, 11) is 0. The Morgan fingerprint density at radius 3 is 2.85 bits per heavy atom. The number of rotatable bonds is 9. The van der Waals surface area contributed by atoms with Crippen LogP contribution in [0, 0.1) is 0 Å². The molecule has 0 aliphatic carbocycles. The highest BCUT2D eigenvalue weighted by Crippen LogP contribution is 2.13. The minimum atomic E-state index is 0. The molecular weight excluding hydrogens is 276 g/mol. The standard InChI is InChI=1S/C15H24N2O2.ClH/c1-2-3-10-19-14-7-4-6-13(11-14)12-17-15(18)8-5-9-16;/h4,6-7,11H,2-3,5,8-10,12,16H2,1H3,(H,17,18);1H. The van der Waals surface area contributed by atoms with Crippen LogP contribution in [0.3, 0.4) is 0 Å². The van der Waals surface area contributed by atoms with E-state index in [1.54, 1.807) is 0 Å². The van der Waals surface area contributed by atoms with Gasteiger partial charge in [-0.05, 0) is 37.1 Å². The zero-order chi connectivity index (χ0) is 13.9. The van der Waals surface area contributed by atoms with Crippen molar-refractivity contribution in [3.63, 3.8) is 0 Å². The summed E-state index contributed by atoms with van der Waals surface area (Å²) >= 11 is 0. The van der Waals surface area contributed by atoms with E-state index in [1.807, 2.05) is 24.3 Å². The molecule has 0 aromatic heterocycles. The number of nitrogens with two attached hydrogens (primary N) is 1. The van der Waals surface area contributed by atoms with E-state index in [0.717, 1.165) is 37.2 Å². The Morgan fingerprint density at radius 1 is 1.35 bits per heavy atom. The van der Waals surface area contributed by atoms with Gasteiger partial charge in [-0.25, -0.2) is 0 Å². The van der Waals surface area contributed by atoms with Crippen molar-refractivity contribution in [2.75, 3.05) is 13.2 Å². The van der Waals surface area contributed by atoms with Crippen molar-refractivity contribution < 1.29 is 9.53 Å². The topological polar surface area (TPSA) is 64.3 Å². The van der Waals surface area contributed by atoms with Gasteiger partial charge in [0, 0.05) is 13.0 Å². The first-order valence-corrected chi connectivity index (χ1v) is 6.94. The number of carbonyl (C=O) groups is 1. The minimum Gasteiger partial charge on any atom is -0.494 e. The third-order valence-corrected chi connectivity index (χ3v) is 2.76. The highest BCUT2D eigenvalue weighted by Gasteiger charge is 2.01. The molecule has 0 spiro atoms. The van der Waals surface area contributed by atoms with Gasteiger partial charge in [0.25, 0.3) is 0 Å². The van der Waals surface area contributed by atoms with Crippen LogP contribution in [0.2, 0.25) is 0 Å². The van der Waals surface area contributed by atoms with Crippen molar-refractivity contribution in [3.8, 4) is 5.75 Å². The number of carbonyl (C=O) groups excluding carboxylic acids is 1. The van der Waals surface area contributed by atoms with Gasteiger partial charge in [0.2, 0.25) is 5.91 Å². The van der Waals surface area contributed by atoms with E-state index in [1.165, 1.54) is 0 Å². The van der Waals surface area contributed by atoms with E-state index in [-0.39, 0.29) is 18.3 Å². The summed E-state index contributed by atoms with van der Waals surface area (Å²) in [5, 5.41) is 2.88. The summed E-state index contributed by atoms with van der Waals surface area (Å²) < 4.78 is 5.63. The van der Waals surface area contributed by atoms with Crippen molar-refractivity contribution in [1.82, 2.24) is 5.32 Å². The molecule has 0 bridgehead atoms. The van der Waals surface area contributed by atoms with E-state index in [4.69, 9.17) is 10.5 Å². The molecule has 0 radical (unpaired) electrons. The predicted molar refractivity (Wildman–Crippen MR) is 84.2 cm³/mol. The Morgan fingerprint density at radius 2 is 2.15 bits per heavy atom. The molecule has 1 aromatic rings. The second kappa shape index (κ2) is 11.6. The number of ether oxygens (including phenoxy) is 1. The Labute approximate surface area is 127 Å². The van der Waals surface area contributed by atoms with Crippen LogP contribution < -0.4 is 15.8 Å². The van der Waals surface area contributed by atoms with Crippen LogP contribution in [-0.4, -0.2) is 19.1 Å². The largest absolute Gasteiger partial charge is 0.494 e. The van der Waals surface area contributed by atoms with E-state index >= 15 is 0 Å². The fraction of sp³-hybridized carbons (Fsp3) is 0.533. The molecule has 0 heterocycles. The molecule has 1 rings (SSSR count). The highest BCUT2D eigenvalue weighted by atomic mass is 35.5. The third kappa shape index (κ3) is 8.02. The summed E-state index contributed by atoms with van der Waals surface area (Å²) in [6.45, 7) is 3.96. The maximum absolute atomic E-state index is 11.5. The maximum atomic E-state index is 11.5. The fourth-order valence-electron chi connectivity index (χ4n) is 1.63. The lowest BCUT2D eigenvalue weighted by atomic mass is 10.2. The average molecular weight is 301 g/mol. The quantitative estimate of drug-likeness (QED) is 0.689. The average Bonchev–Trinajstić information content (AvgIpc) is 2.44. The molecule has 5 heteroatoms. The van der Waals surface area contributed by atoms with Gasteiger partial charge >= 0.3 is 0 Å². The third-order valence-electron chi connectivity index (χ3n) is 2.76. The number of hydrogen-bond donors (Lipinski definition) is 2. The first-order valence-electron chi connectivity index (χ1n) is 6.94. The van der Waals surface area contributed by atoms with Gasteiger partial charge in [0.1, 0.15) is 5.75 Å². The van der Waals surface area contributed by atoms with Crippen molar-refractivity contribution in [2.24, 2.45) is 5.73 Å². The summed E-state index contributed by atoms with van der Waals surface area (Å²) in [6.07, 6.45) is 3.39. The van der Waals surface area contributed by atoms with Crippen LogP contribution in [0.4, 0.5) is 0 Å². The van der Waals surface area contributed by atoms with Gasteiger partial charge in [0.15, 0.2) is 0 Å². The van der Waals surface area contributed by atoms with Crippen molar-refractivity contribution >= 4 is 18.3 Å². The number of benzene rings is 1. The molecule has 0 unspecified atom stereocenters. The maximum Gasteiger partial charge on any atom is 0.220 e. The second-order valence-corrected chi connectivity index (χ2v) is 4.52. The molecule has 0 aliphatic rings. The number of halogens is 1. The second-order valence-electron chi connectivity index (χ2n) is 4.52. The Kier molecular flexibility index (Phi) is 10.8. The van der Waals surface area contributed by atoms with Gasteiger partial charge in [-0.3, -0.25) is 4.79 Å². The van der Waals surface area contributed by atoms with Crippen LogP contribution in [-0.2, 0) is 11.3 Å². The first-order chi connectivity index (χ1) is 9.26. The van der Waals surface area contributed by atoms with E-state index in [9.17, 15) is 4.79 Å². The molecule has 0 aliphatic heterocycles. The zero-order valence-electron chi connectivity index (χ0n) is 12.1. The lowest BCUT2D eigenvalue weighted by Crippen LogP contribution is -2.23. The van der Waals surface area contributed by atoms with Crippen LogP contribution in [0.15, 0.2) is 24.3 Å². The van der Waals surface area contributed by atoms with Crippen LogP contribution in [0.5, 0.6) is 5.75 Å². The Bertz CT molecular complexity index is 386. The molecule has 0 atom stereocenters. The van der Waals surface area contributed by atoms with Gasteiger partial charge in [0.05, 0.1) is 6.61 Å². The lowest BCUT2D eigenvalue weighted by molar-refractivity contribution is -0.121. The lowest BCUT2D eigenvalue weighted by Gasteiger charge is -2.08. The molecule has 1 aromatic carbocycles. The molecule has 0 saturated carbocycles.